The van der Waals surface area contributed by atoms with Gasteiger partial charge in [0.1, 0.15) is 5.75 Å². The lowest BCUT2D eigenvalue weighted by Gasteiger charge is -2.10. The van der Waals surface area contributed by atoms with E-state index in [2.05, 4.69) is 47.3 Å². The Balaban J connectivity index is 1.85. The molecule has 0 aliphatic rings. The number of fused-ring (bicyclic) bond motifs is 1. The van der Waals surface area contributed by atoms with E-state index >= 15 is 0 Å². The molecular weight excluding hydrogens is 565 g/mol. The van der Waals surface area contributed by atoms with Gasteiger partial charge in [-0.3, -0.25) is 4.79 Å². The van der Waals surface area contributed by atoms with Gasteiger partial charge >= 0.3 is 6.18 Å². The van der Waals surface area contributed by atoms with Crippen LogP contribution in [0.25, 0.3) is 16.2 Å². The van der Waals surface area contributed by atoms with Gasteiger partial charge in [0.15, 0.2) is 17.0 Å². The molecule has 0 bridgehead atoms. The largest absolute Gasteiger partial charge is 0.506 e. The summed E-state index contributed by atoms with van der Waals surface area (Å²) in [5, 5.41) is 18.0. The summed E-state index contributed by atoms with van der Waals surface area (Å²) in [6.45, 7) is 1.76. The lowest BCUT2D eigenvalue weighted by Crippen LogP contribution is -2.16. The van der Waals surface area contributed by atoms with Gasteiger partial charge in [0.25, 0.3) is 5.91 Å². The Morgan fingerprint density at radius 3 is 2.61 bits per heavy atom. The summed E-state index contributed by atoms with van der Waals surface area (Å²) in [5.41, 5.74) is -0.553. The van der Waals surface area contributed by atoms with E-state index in [9.17, 15) is 23.1 Å². The minimum absolute atomic E-state index is 0.000106. The first-order valence-corrected chi connectivity index (χ1v) is 11.0. The van der Waals surface area contributed by atoms with Crippen molar-refractivity contribution in [1.29, 1.82) is 0 Å². The third-order valence-electron chi connectivity index (χ3n) is 4.26. The third-order valence-corrected chi connectivity index (χ3v) is 6.70. The zero-order chi connectivity index (χ0) is 22.5. The number of rotatable bonds is 3. The fourth-order valence-corrected chi connectivity index (χ4v) is 4.75. The molecule has 6 nitrogen and oxygen atoms in total. The van der Waals surface area contributed by atoms with Crippen molar-refractivity contribution in [2.24, 2.45) is 0 Å². The number of aromatic nitrogens is 3. The van der Waals surface area contributed by atoms with Crippen LogP contribution in [-0.2, 0) is 6.18 Å². The van der Waals surface area contributed by atoms with Gasteiger partial charge in [-0.1, -0.05) is 6.07 Å². The number of carbonyl (C=O) groups excluding carboxylic acids is 1. The highest BCUT2D eigenvalue weighted by Crippen LogP contribution is 2.37. The predicted octanol–water partition coefficient (Wildman–Crippen LogP) is 6.27. The van der Waals surface area contributed by atoms with Crippen molar-refractivity contribution in [3.63, 3.8) is 0 Å². The molecule has 0 aliphatic carbocycles. The molecule has 0 radical (unpaired) electrons. The summed E-state index contributed by atoms with van der Waals surface area (Å²) in [7, 11) is 0. The first-order valence-electron chi connectivity index (χ1n) is 8.56. The van der Waals surface area contributed by atoms with Crippen molar-refractivity contribution >= 4 is 60.4 Å². The average Bonchev–Trinajstić information content (AvgIpc) is 3.27. The number of aryl methyl sites for hydroxylation is 1. The van der Waals surface area contributed by atoms with E-state index in [-0.39, 0.29) is 32.9 Å². The zero-order valence-electron chi connectivity index (χ0n) is 15.5. The van der Waals surface area contributed by atoms with Crippen LogP contribution in [0.4, 0.5) is 18.9 Å². The van der Waals surface area contributed by atoms with Crippen LogP contribution in [0.15, 0.2) is 44.7 Å². The summed E-state index contributed by atoms with van der Waals surface area (Å²) < 4.78 is 42.6. The molecule has 3 aromatic heterocycles. The van der Waals surface area contributed by atoms with Gasteiger partial charge in [-0.15, -0.1) is 11.3 Å². The second-order valence-corrected chi connectivity index (χ2v) is 9.15. The number of hydrogen-bond acceptors (Lipinski definition) is 5. The second-order valence-electron chi connectivity index (χ2n) is 6.53. The Morgan fingerprint density at radius 2 is 1.97 bits per heavy atom. The number of phenols is 1. The highest BCUT2D eigenvalue weighted by molar-refractivity contribution is 9.11. The molecule has 4 aromatic rings. The molecule has 12 heteroatoms. The van der Waals surface area contributed by atoms with E-state index in [1.807, 2.05) is 0 Å². The van der Waals surface area contributed by atoms with Crippen LogP contribution in [-0.4, -0.2) is 25.6 Å². The van der Waals surface area contributed by atoms with Crippen LogP contribution in [0.1, 0.15) is 21.7 Å². The molecule has 0 atom stereocenters. The molecule has 0 unspecified atom stereocenters. The number of anilines is 1. The normalized spacial score (nSPS) is 11.8. The number of aromatic hydroxyl groups is 1. The first kappa shape index (κ1) is 21.8. The second kappa shape index (κ2) is 7.92. The minimum atomic E-state index is -4.74. The number of nitrogens with one attached hydrogen (secondary N) is 1. The molecule has 1 aromatic carbocycles. The third kappa shape index (κ3) is 4.19. The van der Waals surface area contributed by atoms with Crippen molar-refractivity contribution in [2.45, 2.75) is 13.1 Å². The van der Waals surface area contributed by atoms with Crippen LogP contribution in [0.2, 0.25) is 0 Å². The van der Waals surface area contributed by atoms with E-state index in [4.69, 9.17) is 0 Å². The molecule has 1 amide bonds. The molecule has 4 rings (SSSR count). The van der Waals surface area contributed by atoms with Crippen molar-refractivity contribution in [3.8, 4) is 16.3 Å². The number of carbonyl (C=O) groups is 1. The van der Waals surface area contributed by atoms with Crippen molar-refractivity contribution in [2.75, 3.05) is 5.32 Å². The summed E-state index contributed by atoms with van der Waals surface area (Å²) in [4.78, 5) is 17.6. The maximum atomic E-state index is 13.8. The highest BCUT2D eigenvalue weighted by atomic mass is 79.9. The standard InChI is InChI=1S/C19H11Br2F3N4O2S/c1-8-2-3-12(29)10(4-8)26-18(30)16-15(21)17-25-11(13-5-9(20)7-31-13)6-14(19(22,23)24)28(17)27-16/h2-7,29H,1H3,(H,26,30). The smallest absolute Gasteiger partial charge is 0.433 e. The van der Waals surface area contributed by atoms with Crippen LogP contribution in [0.3, 0.4) is 0 Å². The van der Waals surface area contributed by atoms with Gasteiger partial charge in [-0.25, -0.2) is 9.50 Å². The number of halogens is 5. The molecule has 31 heavy (non-hydrogen) atoms. The van der Waals surface area contributed by atoms with Crippen LogP contribution < -0.4 is 5.32 Å². The number of benzene rings is 1. The Hall–Kier alpha value is -2.44. The van der Waals surface area contributed by atoms with Gasteiger partial charge in [-0.05, 0) is 68.6 Å². The lowest BCUT2D eigenvalue weighted by molar-refractivity contribution is -0.142. The number of thiophene rings is 1. The maximum Gasteiger partial charge on any atom is 0.433 e. The maximum absolute atomic E-state index is 13.8. The van der Waals surface area contributed by atoms with Gasteiger partial charge in [0, 0.05) is 9.85 Å². The number of amides is 1. The van der Waals surface area contributed by atoms with Gasteiger partial charge in [0.05, 0.1) is 20.7 Å². The van der Waals surface area contributed by atoms with Crippen LogP contribution >= 0.6 is 43.2 Å². The number of hydrogen-bond donors (Lipinski definition) is 2. The van der Waals surface area contributed by atoms with Gasteiger partial charge in [-0.2, -0.15) is 18.3 Å². The van der Waals surface area contributed by atoms with Gasteiger partial charge in [0.2, 0.25) is 0 Å². The van der Waals surface area contributed by atoms with E-state index in [1.54, 1.807) is 24.4 Å². The zero-order valence-corrected chi connectivity index (χ0v) is 19.4. The molecule has 160 valence electrons. The molecule has 0 saturated carbocycles. The molecule has 3 heterocycles. The summed E-state index contributed by atoms with van der Waals surface area (Å²) in [6.07, 6.45) is -4.74. The quantitative estimate of drug-likeness (QED) is 0.282. The molecule has 0 fully saturated rings. The molecule has 0 spiro atoms. The molecule has 0 saturated heterocycles. The van der Waals surface area contributed by atoms with Crippen LogP contribution in [0, 0.1) is 6.92 Å². The van der Waals surface area contributed by atoms with Crippen molar-refractivity contribution < 1.29 is 23.1 Å². The van der Waals surface area contributed by atoms with Crippen LogP contribution in [0.5, 0.6) is 5.75 Å². The average molecular weight is 576 g/mol. The Morgan fingerprint density at radius 1 is 1.23 bits per heavy atom. The molecule has 2 N–H and O–H groups in total. The highest BCUT2D eigenvalue weighted by Gasteiger charge is 2.36. The molecule has 0 aliphatic heterocycles. The van der Waals surface area contributed by atoms with Gasteiger partial charge < -0.3 is 10.4 Å². The fourth-order valence-electron chi connectivity index (χ4n) is 2.84. The topological polar surface area (TPSA) is 79.5 Å². The summed E-state index contributed by atoms with van der Waals surface area (Å²) in [6, 6.07) is 7.12. The number of nitrogens with zero attached hydrogens (tertiary/aromatic N) is 3. The first-order chi connectivity index (χ1) is 14.5. The number of alkyl halides is 3. The SMILES string of the molecule is Cc1ccc(O)c(NC(=O)c2nn3c(C(F)(F)F)cc(-c4cc(Br)cs4)nc3c2Br)c1. The predicted molar refractivity (Wildman–Crippen MR) is 117 cm³/mol. The van der Waals surface area contributed by atoms with Crippen molar-refractivity contribution in [3.05, 3.63) is 61.6 Å². The van der Waals surface area contributed by atoms with E-state index in [0.717, 1.165) is 11.6 Å². The fraction of sp³-hybridized carbons (Fsp3) is 0.105. The molecular formula is C19H11Br2F3N4O2S. The van der Waals surface area contributed by atoms with E-state index < -0.39 is 17.8 Å². The monoisotopic (exact) mass is 574 g/mol. The van der Waals surface area contributed by atoms with E-state index in [0.29, 0.717) is 13.9 Å². The Kier molecular flexibility index (Phi) is 5.56. The lowest BCUT2D eigenvalue weighted by atomic mass is 10.2. The minimum Gasteiger partial charge on any atom is -0.506 e. The van der Waals surface area contributed by atoms with E-state index in [1.165, 1.54) is 23.5 Å². The van der Waals surface area contributed by atoms with Crippen molar-refractivity contribution in [1.82, 2.24) is 14.6 Å². The summed E-state index contributed by atoms with van der Waals surface area (Å²) >= 11 is 7.67. The Bertz CT molecular complexity index is 1330. The Labute approximate surface area is 194 Å². The number of phenolic OH excluding ortho intramolecular Hbond substituents is 1. The summed E-state index contributed by atoms with van der Waals surface area (Å²) in [5.74, 6) is -0.981.